The third-order valence-corrected chi connectivity index (χ3v) is 4.21. The maximum absolute atomic E-state index is 12.1. The lowest BCUT2D eigenvalue weighted by Gasteiger charge is -2.09. The lowest BCUT2D eigenvalue weighted by atomic mass is 10.1. The SMILES string of the molecule is Cc1ccccc1OCCCNC(=O)[C@H]1C[C@@H]1c1cccnc1. The highest BCUT2D eigenvalue weighted by Crippen LogP contribution is 2.47. The van der Waals surface area contributed by atoms with Gasteiger partial charge in [-0.25, -0.2) is 0 Å². The Kier molecular flexibility index (Phi) is 4.91. The number of ether oxygens (including phenoxy) is 1. The number of carbonyl (C=O) groups excluding carboxylic acids is 1. The number of nitrogens with one attached hydrogen (secondary N) is 1. The summed E-state index contributed by atoms with van der Waals surface area (Å²) < 4.78 is 5.73. The van der Waals surface area contributed by atoms with Gasteiger partial charge in [-0.15, -0.1) is 0 Å². The number of rotatable bonds is 7. The minimum Gasteiger partial charge on any atom is -0.493 e. The lowest BCUT2D eigenvalue weighted by Crippen LogP contribution is -2.27. The molecule has 1 amide bonds. The van der Waals surface area contributed by atoms with Crippen LogP contribution in [-0.4, -0.2) is 24.0 Å². The van der Waals surface area contributed by atoms with E-state index < -0.39 is 0 Å². The van der Waals surface area contributed by atoms with E-state index in [0.717, 1.165) is 29.7 Å². The second-order valence-corrected chi connectivity index (χ2v) is 5.99. The number of aromatic nitrogens is 1. The van der Waals surface area contributed by atoms with Gasteiger partial charge < -0.3 is 10.1 Å². The fourth-order valence-corrected chi connectivity index (χ4v) is 2.76. The highest BCUT2D eigenvalue weighted by Gasteiger charge is 2.43. The molecule has 120 valence electrons. The topological polar surface area (TPSA) is 51.2 Å². The van der Waals surface area contributed by atoms with Crippen molar-refractivity contribution in [2.75, 3.05) is 13.2 Å². The van der Waals surface area contributed by atoms with Gasteiger partial charge in [0.1, 0.15) is 5.75 Å². The standard InChI is InChI=1S/C19H22N2O2/c1-14-6-2-3-8-18(14)23-11-5-10-21-19(22)17-12-16(17)15-7-4-9-20-13-15/h2-4,6-9,13,16-17H,5,10-12H2,1H3,(H,21,22)/t16-,17+/m1/s1. The zero-order valence-corrected chi connectivity index (χ0v) is 13.4. The maximum atomic E-state index is 12.1. The second-order valence-electron chi connectivity index (χ2n) is 5.99. The maximum Gasteiger partial charge on any atom is 0.223 e. The average molecular weight is 310 g/mol. The molecule has 0 unspecified atom stereocenters. The molecule has 1 fully saturated rings. The smallest absolute Gasteiger partial charge is 0.223 e. The summed E-state index contributed by atoms with van der Waals surface area (Å²) in [6.45, 7) is 3.30. The second kappa shape index (κ2) is 7.27. The van der Waals surface area contributed by atoms with E-state index in [0.29, 0.717) is 19.1 Å². The van der Waals surface area contributed by atoms with Crippen LogP contribution in [-0.2, 0) is 4.79 Å². The molecule has 0 aliphatic heterocycles. The van der Waals surface area contributed by atoms with E-state index in [1.807, 2.05) is 49.5 Å². The summed E-state index contributed by atoms with van der Waals surface area (Å²) in [5.74, 6) is 1.51. The number of hydrogen-bond acceptors (Lipinski definition) is 3. The molecule has 3 rings (SSSR count). The molecule has 2 aromatic rings. The largest absolute Gasteiger partial charge is 0.493 e. The summed E-state index contributed by atoms with van der Waals surface area (Å²) in [4.78, 5) is 16.2. The number of hydrogen-bond donors (Lipinski definition) is 1. The van der Waals surface area contributed by atoms with E-state index in [2.05, 4.69) is 10.3 Å². The number of amides is 1. The van der Waals surface area contributed by atoms with Crippen LogP contribution >= 0.6 is 0 Å². The molecule has 4 heteroatoms. The van der Waals surface area contributed by atoms with Crippen molar-refractivity contribution >= 4 is 5.91 Å². The molecule has 1 aromatic carbocycles. The molecule has 2 atom stereocenters. The quantitative estimate of drug-likeness (QED) is 0.800. The zero-order valence-electron chi connectivity index (χ0n) is 13.4. The van der Waals surface area contributed by atoms with Crippen LogP contribution < -0.4 is 10.1 Å². The van der Waals surface area contributed by atoms with Gasteiger partial charge in [0.05, 0.1) is 6.61 Å². The summed E-state index contributed by atoms with van der Waals surface area (Å²) in [6.07, 6.45) is 5.35. The predicted octanol–water partition coefficient (Wildman–Crippen LogP) is 3.08. The van der Waals surface area contributed by atoms with Crippen LogP contribution in [0.3, 0.4) is 0 Å². The van der Waals surface area contributed by atoms with Crippen molar-refractivity contribution in [3.8, 4) is 5.75 Å². The van der Waals surface area contributed by atoms with Gasteiger partial charge in [0.2, 0.25) is 5.91 Å². The Hall–Kier alpha value is -2.36. The monoisotopic (exact) mass is 310 g/mol. The van der Waals surface area contributed by atoms with Gasteiger partial charge in [0.25, 0.3) is 0 Å². The van der Waals surface area contributed by atoms with Crippen molar-refractivity contribution in [1.82, 2.24) is 10.3 Å². The summed E-state index contributed by atoms with van der Waals surface area (Å²) in [7, 11) is 0. The first-order chi connectivity index (χ1) is 11.3. The molecule has 1 N–H and O–H groups in total. The minimum atomic E-state index is 0.108. The summed E-state index contributed by atoms with van der Waals surface area (Å²) in [5, 5.41) is 3.01. The molecule has 1 saturated carbocycles. The Bertz CT molecular complexity index is 657. The van der Waals surface area contributed by atoms with Gasteiger partial charge in [0.15, 0.2) is 0 Å². The van der Waals surface area contributed by atoms with Crippen LogP contribution in [0.4, 0.5) is 0 Å². The first-order valence-corrected chi connectivity index (χ1v) is 8.12. The molecular weight excluding hydrogens is 288 g/mol. The fraction of sp³-hybridized carbons (Fsp3) is 0.368. The molecule has 1 heterocycles. The van der Waals surface area contributed by atoms with E-state index in [1.54, 1.807) is 6.20 Å². The van der Waals surface area contributed by atoms with Crippen LogP contribution in [0.5, 0.6) is 5.75 Å². The van der Waals surface area contributed by atoms with Crippen LogP contribution in [0.25, 0.3) is 0 Å². The van der Waals surface area contributed by atoms with Crippen molar-refractivity contribution in [2.45, 2.75) is 25.7 Å². The molecule has 1 aliphatic rings. The molecule has 23 heavy (non-hydrogen) atoms. The Balaban J connectivity index is 1.34. The van der Waals surface area contributed by atoms with Crippen molar-refractivity contribution in [2.24, 2.45) is 5.92 Å². The molecule has 1 aromatic heterocycles. The number of carbonyl (C=O) groups is 1. The zero-order chi connectivity index (χ0) is 16.1. The lowest BCUT2D eigenvalue weighted by molar-refractivity contribution is -0.122. The molecule has 0 spiro atoms. The molecule has 0 bridgehead atoms. The summed E-state index contributed by atoms with van der Waals surface area (Å²) in [6, 6.07) is 11.9. The molecule has 1 aliphatic carbocycles. The van der Waals surface area contributed by atoms with Crippen LogP contribution in [0, 0.1) is 12.8 Å². The predicted molar refractivity (Wildman–Crippen MR) is 89.4 cm³/mol. The Morgan fingerprint density at radius 1 is 1.30 bits per heavy atom. The van der Waals surface area contributed by atoms with Crippen LogP contribution in [0.15, 0.2) is 48.8 Å². The Morgan fingerprint density at radius 3 is 2.96 bits per heavy atom. The van der Waals surface area contributed by atoms with E-state index in [4.69, 9.17) is 4.74 Å². The first kappa shape index (κ1) is 15.5. The summed E-state index contributed by atoms with van der Waals surface area (Å²) in [5.41, 5.74) is 2.30. The van der Waals surface area contributed by atoms with Crippen molar-refractivity contribution in [1.29, 1.82) is 0 Å². The normalized spacial score (nSPS) is 19.2. The van der Waals surface area contributed by atoms with Gasteiger partial charge in [-0.1, -0.05) is 24.3 Å². The highest BCUT2D eigenvalue weighted by atomic mass is 16.5. The van der Waals surface area contributed by atoms with E-state index in [9.17, 15) is 4.79 Å². The van der Waals surface area contributed by atoms with Crippen molar-refractivity contribution in [3.05, 3.63) is 59.9 Å². The van der Waals surface area contributed by atoms with Crippen molar-refractivity contribution in [3.63, 3.8) is 0 Å². The molecular formula is C19H22N2O2. The molecule has 0 radical (unpaired) electrons. The molecule has 4 nitrogen and oxygen atoms in total. The van der Waals surface area contributed by atoms with E-state index in [-0.39, 0.29) is 11.8 Å². The Morgan fingerprint density at radius 2 is 2.17 bits per heavy atom. The van der Waals surface area contributed by atoms with Gasteiger partial charge in [-0.3, -0.25) is 9.78 Å². The third-order valence-electron chi connectivity index (χ3n) is 4.21. The number of nitrogens with zero attached hydrogens (tertiary/aromatic N) is 1. The summed E-state index contributed by atoms with van der Waals surface area (Å²) >= 11 is 0. The first-order valence-electron chi connectivity index (χ1n) is 8.12. The van der Waals surface area contributed by atoms with Crippen molar-refractivity contribution < 1.29 is 9.53 Å². The number of para-hydroxylation sites is 1. The van der Waals surface area contributed by atoms with Gasteiger partial charge in [-0.05, 0) is 48.9 Å². The van der Waals surface area contributed by atoms with E-state index in [1.165, 1.54) is 0 Å². The average Bonchev–Trinajstić information content (AvgIpc) is 3.37. The fourth-order valence-electron chi connectivity index (χ4n) is 2.76. The minimum absolute atomic E-state index is 0.108. The number of benzene rings is 1. The third kappa shape index (κ3) is 4.09. The number of pyridine rings is 1. The van der Waals surface area contributed by atoms with Gasteiger partial charge >= 0.3 is 0 Å². The van der Waals surface area contributed by atoms with E-state index >= 15 is 0 Å². The van der Waals surface area contributed by atoms with Gasteiger partial charge in [0, 0.05) is 24.9 Å². The van der Waals surface area contributed by atoms with Crippen LogP contribution in [0.1, 0.15) is 29.9 Å². The van der Waals surface area contributed by atoms with Crippen LogP contribution in [0.2, 0.25) is 0 Å². The highest BCUT2D eigenvalue weighted by molar-refractivity contribution is 5.82. The Labute approximate surface area is 136 Å². The van der Waals surface area contributed by atoms with Gasteiger partial charge in [-0.2, -0.15) is 0 Å². The number of aryl methyl sites for hydroxylation is 1. The molecule has 0 saturated heterocycles.